The highest BCUT2D eigenvalue weighted by molar-refractivity contribution is 5.93. The molecule has 2 aromatic carbocycles. The van der Waals surface area contributed by atoms with Crippen LogP contribution >= 0.6 is 0 Å². The van der Waals surface area contributed by atoms with Crippen LogP contribution < -0.4 is 4.74 Å². The summed E-state index contributed by atoms with van der Waals surface area (Å²) in [7, 11) is 3.22. The quantitative estimate of drug-likeness (QED) is 0.192. The lowest BCUT2D eigenvalue weighted by atomic mass is 9.94. The van der Waals surface area contributed by atoms with Crippen LogP contribution in [0.1, 0.15) is 18.1 Å². The molecule has 0 atom stereocenters. The smallest absolute Gasteiger partial charge is 0.269 e. The van der Waals surface area contributed by atoms with E-state index >= 15 is 0 Å². The van der Waals surface area contributed by atoms with Crippen molar-refractivity contribution in [3.63, 3.8) is 0 Å². The number of ether oxygens (including phenoxy) is 2. The Morgan fingerprint density at radius 1 is 1.04 bits per heavy atom. The standard InChI is InChI=1S/C23H23NO4/c1-4-6-19(7-5-16-27-2)23(20-10-14-22(28-3)15-11-20)17-18-8-12-21(13-9-18)24(25)26/h4-17H,1-3H3/b6-4-,16-5+,19-7+,23-17+. The first kappa shape index (κ1) is 20.7. The van der Waals surface area contributed by atoms with E-state index < -0.39 is 4.92 Å². The van der Waals surface area contributed by atoms with E-state index in [1.165, 1.54) is 12.1 Å². The molecule has 0 N–H and O–H groups in total. The molecule has 0 aliphatic rings. The molecule has 0 aliphatic carbocycles. The summed E-state index contributed by atoms with van der Waals surface area (Å²) in [6.07, 6.45) is 11.3. The minimum absolute atomic E-state index is 0.0652. The molecule has 0 radical (unpaired) electrons. The minimum atomic E-state index is -0.404. The summed E-state index contributed by atoms with van der Waals surface area (Å²) in [5.74, 6) is 0.772. The molecule has 0 spiro atoms. The maximum Gasteiger partial charge on any atom is 0.269 e. The highest BCUT2D eigenvalue weighted by Gasteiger charge is 2.08. The minimum Gasteiger partial charge on any atom is -0.504 e. The van der Waals surface area contributed by atoms with Gasteiger partial charge < -0.3 is 9.47 Å². The van der Waals surface area contributed by atoms with Gasteiger partial charge in [-0.3, -0.25) is 10.1 Å². The van der Waals surface area contributed by atoms with E-state index in [1.807, 2.05) is 61.6 Å². The summed E-state index contributed by atoms with van der Waals surface area (Å²) < 4.78 is 10.2. The van der Waals surface area contributed by atoms with E-state index in [9.17, 15) is 10.1 Å². The summed E-state index contributed by atoms with van der Waals surface area (Å²) in [5, 5.41) is 10.9. The highest BCUT2D eigenvalue weighted by atomic mass is 16.6. The zero-order chi connectivity index (χ0) is 20.4. The lowest BCUT2D eigenvalue weighted by Crippen LogP contribution is -1.91. The number of methoxy groups -OCH3 is 2. The van der Waals surface area contributed by atoms with E-state index in [0.717, 1.165) is 28.0 Å². The molecule has 0 amide bonds. The molecular weight excluding hydrogens is 354 g/mol. The number of hydrogen-bond acceptors (Lipinski definition) is 4. The molecule has 0 saturated carbocycles. The number of hydrogen-bond donors (Lipinski definition) is 0. The van der Waals surface area contributed by atoms with Crippen molar-refractivity contribution < 1.29 is 14.4 Å². The molecule has 28 heavy (non-hydrogen) atoms. The van der Waals surface area contributed by atoms with Gasteiger partial charge >= 0.3 is 0 Å². The van der Waals surface area contributed by atoms with Crippen LogP contribution in [-0.4, -0.2) is 19.1 Å². The molecule has 5 nitrogen and oxygen atoms in total. The SMILES string of the molecule is C\C=C/C(=C\C=C\OC)C(=C\c1ccc([N+](=O)[O-])cc1)/c1ccc(OC)cc1. The molecule has 0 fully saturated rings. The predicted octanol–water partition coefficient (Wildman–Crippen LogP) is 5.81. The third kappa shape index (κ3) is 5.71. The summed E-state index contributed by atoms with van der Waals surface area (Å²) in [6.45, 7) is 1.95. The van der Waals surface area contributed by atoms with Gasteiger partial charge in [0.25, 0.3) is 5.69 Å². The van der Waals surface area contributed by atoms with E-state index in [4.69, 9.17) is 9.47 Å². The molecule has 5 heteroatoms. The maximum absolute atomic E-state index is 10.9. The Bertz CT molecular complexity index is 905. The van der Waals surface area contributed by atoms with Gasteiger partial charge in [-0.15, -0.1) is 0 Å². The van der Waals surface area contributed by atoms with Gasteiger partial charge in [0, 0.05) is 12.1 Å². The summed E-state index contributed by atoms with van der Waals surface area (Å²) in [4.78, 5) is 10.5. The van der Waals surface area contributed by atoms with Crippen molar-refractivity contribution in [3.8, 4) is 5.75 Å². The molecular formula is C23H23NO4. The van der Waals surface area contributed by atoms with Crippen molar-refractivity contribution in [3.05, 3.63) is 106 Å². The second kappa shape index (κ2) is 10.5. The second-order valence-corrected chi connectivity index (χ2v) is 5.82. The van der Waals surface area contributed by atoms with Crippen molar-refractivity contribution in [2.75, 3.05) is 14.2 Å². The molecule has 0 bridgehead atoms. The number of non-ortho nitro benzene ring substituents is 1. The Morgan fingerprint density at radius 2 is 1.71 bits per heavy atom. The first-order valence-electron chi connectivity index (χ1n) is 8.72. The zero-order valence-electron chi connectivity index (χ0n) is 16.2. The first-order valence-corrected chi connectivity index (χ1v) is 8.72. The molecule has 0 aliphatic heterocycles. The number of nitro benzene ring substituents is 1. The Kier molecular flexibility index (Phi) is 7.78. The molecule has 0 saturated heterocycles. The number of nitro groups is 1. The molecule has 0 aromatic heterocycles. The van der Waals surface area contributed by atoms with Crippen molar-refractivity contribution >= 4 is 17.3 Å². The van der Waals surface area contributed by atoms with Gasteiger partial charge in [-0.1, -0.05) is 30.4 Å². The van der Waals surface area contributed by atoms with Crippen LogP contribution in [-0.2, 0) is 4.74 Å². The lowest BCUT2D eigenvalue weighted by Gasteiger charge is -2.11. The zero-order valence-corrected chi connectivity index (χ0v) is 16.2. The van der Waals surface area contributed by atoms with Gasteiger partial charge in [0.15, 0.2) is 0 Å². The number of rotatable bonds is 8. The second-order valence-electron chi connectivity index (χ2n) is 5.82. The van der Waals surface area contributed by atoms with Crippen molar-refractivity contribution in [1.82, 2.24) is 0 Å². The van der Waals surface area contributed by atoms with Gasteiger partial charge in [0.2, 0.25) is 0 Å². The van der Waals surface area contributed by atoms with Crippen LogP contribution in [0.5, 0.6) is 5.75 Å². The topological polar surface area (TPSA) is 61.6 Å². The Morgan fingerprint density at radius 3 is 2.25 bits per heavy atom. The summed E-state index contributed by atoms with van der Waals surface area (Å²) in [6, 6.07) is 14.2. The summed E-state index contributed by atoms with van der Waals surface area (Å²) >= 11 is 0. The van der Waals surface area contributed by atoms with E-state index in [0.29, 0.717) is 0 Å². The van der Waals surface area contributed by atoms with E-state index in [1.54, 1.807) is 32.6 Å². The summed E-state index contributed by atoms with van der Waals surface area (Å²) in [5.41, 5.74) is 3.86. The fourth-order valence-corrected chi connectivity index (χ4v) is 2.60. The molecule has 144 valence electrons. The van der Waals surface area contributed by atoms with Crippen LogP contribution in [0.3, 0.4) is 0 Å². The molecule has 2 aromatic rings. The van der Waals surface area contributed by atoms with E-state index in [2.05, 4.69) is 0 Å². The Labute approximate surface area is 165 Å². The van der Waals surface area contributed by atoms with Crippen LogP contribution in [0.25, 0.3) is 11.6 Å². The fraction of sp³-hybridized carbons (Fsp3) is 0.130. The number of nitrogens with zero attached hydrogens (tertiary/aromatic N) is 1. The average molecular weight is 377 g/mol. The predicted molar refractivity (Wildman–Crippen MR) is 113 cm³/mol. The number of allylic oxidation sites excluding steroid dienone is 6. The normalized spacial score (nSPS) is 12.5. The third-order valence-corrected chi connectivity index (χ3v) is 3.96. The highest BCUT2D eigenvalue weighted by Crippen LogP contribution is 2.29. The van der Waals surface area contributed by atoms with Crippen LogP contribution in [0.4, 0.5) is 5.69 Å². The number of benzene rings is 2. The van der Waals surface area contributed by atoms with E-state index in [-0.39, 0.29) is 5.69 Å². The van der Waals surface area contributed by atoms with Gasteiger partial charge in [-0.2, -0.15) is 0 Å². The van der Waals surface area contributed by atoms with Crippen LogP contribution in [0.15, 0.2) is 84.7 Å². The maximum atomic E-state index is 10.9. The van der Waals surface area contributed by atoms with Crippen molar-refractivity contribution in [2.24, 2.45) is 0 Å². The largest absolute Gasteiger partial charge is 0.504 e. The van der Waals surface area contributed by atoms with Gasteiger partial charge in [0.1, 0.15) is 5.75 Å². The first-order chi connectivity index (χ1) is 13.6. The average Bonchev–Trinajstić information content (AvgIpc) is 2.72. The fourth-order valence-electron chi connectivity index (χ4n) is 2.60. The Hall–Kier alpha value is -3.60. The lowest BCUT2D eigenvalue weighted by molar-refractivity contribution is -0.384. The van der Waals surface area contributed by atoms with Crippen molar-refractivity contribution in [1.29, 1.82) is 0 Å². The van der Waals surface area contributed by atoms with Gasteiger partial charge in [0.05, 0.1) is 25.4 Å². The third-order valence-electron chi connectivity index (χ3n) is 3.96. The van der Waals surface area contributed by atoms with Crippen LogP contribution in [0, 0.1) is 10.1 Å². The molecule has 0 unspecified atom stereocenters. The Balaban J connectivity index is 2.57. The van der Waals surface area contributed by atoms with Crippen molar-refractivity contribution in [2.45, 2.75) is 6.92 Å². The van der Waals surface area contributed by atoms with Crippen LogP contribution in [0.2, 0.25) is 0 Å². The van der Waals surface area contributed by atoms with Gasteiger partial charge in [-0.05, 0) is 65.6 Å². The van der Waals surface area contributed by atoms with Gasteiger partial charge in [-0.25, -0.2) is 0 Å². The monoisotopic (exact) mass is 377 g/mol. The molecule has 0 heterocycles. The molecule has 2 rings (SSSR count).